The average Bonchev–Trinajstić information content (AvgIpc) is 2.59. The summed E-state index contributed by atoms with van der Waals surface area (Å²) in [7, 11) is -0.851. The number of sulfonamides is 1. The molecule has 6 nitrogen and oxygen atoms in total. The Balaban J connectivity index is 2.16. The molecule has 0 unspecified atom stereocenters. The van der Waals surface area contributed by atoms with Crippen LogP contribution in [0.4, 0.5) is 13.2 Å². The first kappa shape index (κ1) is 22.9. The summed E-state index contributed by atoms with van der Waals surface area (Å²) in [6.45, 7) is 3.00. The number of carbonyl (C=O) groups excluding carboxylic acids is 1. The summed E-state index contributed by atoms with van der Waals surface area (Å²) in [4.78, 5) is 15.5. The maximum Gasteiger partial charge on any atom is 0.416 e. The fourth-order valence-corrected chi connectivity index (χ4v) is 4.82. The first-order valence-electron chi connectivity index (χ1n) is 8.67. The Morgan fingerprint density at radius 3 is 2.43 bits per heavy atom. The third-order valence-electron chi connectivity index (χ3n) is 4.83. The molecule has 28 heavy (non-hydrogen) atoms. The monoisotopic (exact) mass is 441 g/mol. The SMILES string of the molecule is C[C@H](NS(=O)(=O)c1cc(C(F)(F)F)ccc1Cl)C(=O)N(C)C1CCN(C)CC1. The smallest absolute Gasteiger partial charge is 0.341 e. The van der Waals surface area contributed by atoms with Crippen LogP contribution in [0.2, 0.25) is 5.02 Å². The van der Waals surface area contributed by atoms with E-state index in [-0.39, 0.29) is 11.1 Å². The minimum Gasteiger partial charge on any atom is -0.341 e. The number of alkyl halides is 3. The van der Waals surface area contributed by atoms with E-state index in [9.17, 15) is 26.4 Å². The van der Waals surface area contributed by atoms with Crippen LogP contribution in [0, 0.1) is 0 Å². The van der Waals surface area contributed by atoms with Crippen molar-refractivity contribution < 1.29 is 26.4 Å². The van der Waals surface area contributed by atoms with E-state index in [0.717, 1.165) is 32.0 Å². The van der Waals surface area contributed by atoms with Crippen molar-refractivity contribution in [1.82, 2.24) is 14.5 Å². The van der Waals surface area contributed by atoms with Gasteiger partial charge in [-0.1, -0.05) is 11.6 Å². The van der Waals surface area contributed by atoms with Crippen molar-refractivity contribution in [2.45, 2.75) is 42.9 Å². The number of hydrogen-bond donors (Lipinski definition) is 1. The van der Waals surface area contributed by atoms with E-state index in [2.05, 4.69) is 9.62 Å². The number of benzene rings is 1. The van der Waals surface area contributed by atoms with Crippen LogP contribution in [-0.4, -0.2) is 63.4 Å². The molecule has 0 bridgehead atoms. The summed E-state index contributed by atoms with van der Waals surface area (Å²) in [5, 5.41) is -0.358. The molecule has 2 rings (SSSR count). The number of hydrogen-bond acceptors (Lipinski definition) is 4. The lowest BCUT2D eigenvalue weighted by Crippen LogP contribution is -2.51. The highest BCUT2D eigenvalue weighted by molar-refractivity contribution is 7.89. The van der Waals surface area contributed by atoms with Crippen molar-refractivity contribution in [2.75, 3.05) is 27.2 Å². The number of nitrogens with zero attached hydrogens (tertiary/aromatic N) is 2. The molecule has 1 heterocycles. The van der Waals surface area contributed by atoms with Crippen molar-refractivity contribution in [3.63, 3.8) is 0 Å². The van der Waals surface area contributed by atoms with Crippen LogP contribution >= 0.6 is 11.6 Å². The normalized spacial score (nSPS) is 18.1. The van der Waals surface area contributed by atoms with Gasteiger partial charge in [0.05, 0.1) is 16.6 Å². The molecule has 1 N–H and O–H groups in total. The third-order valence-corrected chi connectivity index (χ3v) is 6.86. The molecular formula is C17H23ClF3N3O3S. The van der Waals surface area contributed by atoms with E-state index >= 15 is 0 Å². The Labute approximate surface area is 167 Å². The van der Waals surface area contributed by atoms with E-state index in [1.165, 1.54) is 11.8 Å². The quantitative estimate of drug-likeness (QED) is 0.762. The van der Waals surface area contributed by atoms with Crippen LogP contribution in [0.1, 0.15) is 25.3 Å². The van der Waals surface area contributed by atoms with Gasteiger partial charge in [-0.25, -0.2) is 8.42 Å². The maximum absolute atomic E-state index is 12.9. The number of likely N-dealkylation sites (N-methyl/N-ethyl adjacent to an activating group) is 1. The predicted molar refractivity (Wildman–Crippen MR) is 99.5 cm³/mol. The van der Waals surface area contributed by atoms with Crippen LogP contribution in [0.25, 0.3) is 0 Å². The zero-order valence-corrected chi connectivity index (χ0v) is 17.3. The molecule has 0 radical (unpaired) electrons. The molecule has 1 amide bonds. The summed E-state index contributed by atoms with van der Waals surface area (Å²) in [5.41, 5.74) is -1.14. The number of amides is 1. The van der Waals surface area contributed by atoms with Gasteiger partial charge in [-0.15, -0.1) is 0 Å². The van der Waals surface area contributed by atoms with Gasteiger partial charge in [-0.2, -0.15) is 17.9 Å². The van der Waals surface area contributed by atoms with Crippen molar-refractivity contribution in [3.8, 4) is 0 Å². The second kappa shape index (κ2) is 8.56. The zero-order chi connectivity index (χ0) is 21.3. The van der Waals surface area contributed by atoms with E-state index in [0.29, 0.717) is 12.1 Å². The van der Waals surface area contributed by atoms with Crippen molar-refractivity contribution in [2.24, 2.45) is 0 Å². The molecule has 1 atom stereocenters. The molecule has 0 aromatic heterocycles. The Morgan fingerprint density at radius 1 is 1.32 bits per heavy atom. The van der Waals surface area contributed by atoms with Gasteiger partial charge >= 0.3 is 6.18 Å². The molecule has 11 heteroatoms. The Hall–Kier alpha value is -1.36. The Kier molecular flexibility index (Phi) is 7.01. The highest BCUT2D eigenvalue weighted by atomic mass is 35.5. The maximum atomic E-state index is 12.9. The minimum absolute atomic E-state index is 0.0206. The van der Waals surface area contributed by atoms with Crippen LogP contribution in [0.3, 0.4) is 0 Å². The average molecular weight is 442 g/mol. The molecule has 1 aliphatic rings. The number of rotatable bonds is 5. The zero-order valence-electron chi connectivity index (χ0n) is 15.8. The lowest BCUT2D eigenvalue weighted by molar-refractivity contribution is -0.137. The van der Waals surface area contributed by atoms with Gasteiger partial charge in [0.25, 0.3) is 0 Å². The lowest BCUT2D eigenvalue weighted by Gasteiger charge is -2.36. The standard InChI is InChI=1S/C17H23ClF3N3O3S/c1-11(16(25)24(3)13-6-8-23(2)9-7-13)22-28(26,27)15-10-12(17(19,20)21)4-5-14(15)18/h4-5,10-11,13,22H,6-9H2,1-3H3/t11-/m0/s1. The second-order valence-corrected chi connectivity index (χ2v) is 9.06. The minimum atomic E-state index is -4.72. The molecule has 1 aromatic carbocycles. The number of likely N-dealkylation sites (tertiary alicyclic amines) is 1. The van der Waals surface area contributed by atoms with E-state index in [1.807, 2.05) is 7.05 Å². The van der Waals surface area contributed by atoms with Gasteiger partial charge in [0.2, 0.25) is 15.9 Å². The predicted octanol–water partition coefficient (Wildman–Crippen LogP) is 2.58. The lowest BCUT2D eigenvalue weighted by atomic mass is 10.0. The van der Waals surface area contributed by atoms with Crippen molar-refractivity contribution in [3.05, 3.63) is 28.8 Å². The van der Waals surface area contributed by atoms with Crippen LogP contribution in [-0.2, 0) is 21.0 Å². The fourth-order valence-electron chi connectivity index (χ4n) is 3.10. The van der Waals surface area contributed by atoms with Crippen molar-refractivity contribution >= 4 is 27.5 Å². The summed E-state index contributed by atoms with van der Waals surface area (Å²) in [5.74, 6) is -0.457. The third kappa shape index (κ3) is 5.37. The number of halogens is 4. The van der Waals surface area contributed by atoms with Gasteiger partial charge in [0.15, 0.2) is 0 Å². The fraction of sp³-hybridized carbons (Fsp3) is 0.588. The Bertz CT molecular complexity index is 825. The van der Waals surface area contributed by atoms with Gasteiger partial charge in [0, 0.05) is 13.1 Å². The van der Waals surface area contributed by atoms with Gasteiger partial charge < -0.3 is 9.80 Å². The number of carbonyl (C=O) groups is 1. The molecule has 1 saturated heterocycles. The largest absolute Gasteiger partial charge is 0.416 e. The molecule has 0 saturated carbocycles. The molecule has 0 spiro atoms. The topological polar surface area (TPSA) is 69.7 Å². The summed E-state index contributed by atoms with van der Waals surface area (Å²) < 4.78 is 65.9. The first-order chi connectivity index (χ1) is 12.8. The van der Waals surface area contributed by atoms with E-state index in [1.54, 1.807) is 7.05 Å². The summed E-state index contributed by atoms with van der Waals surface area (Å²) in [6.07, 6.45) is -3.19. The van der Waals surface area contributed by atoms with Gasteiger partial charge in [0.1, 0.15) is 4.90 Å². The van der Waals surface area contributed by atoms with Gasteiger partial charge in [-0.3, -0.25) is 4.79 Å². The molecule has 1 aliphatic heterocycles. The van der Waals surface area contributed by atoms with Crippen LogP contribution in [0.5, 0.6) is 0 Å². The first-order valence-corrected chi connectivity index (χ1v) is 10.5. The Morgan fingerprint density at radius 2 is 1.89 bits per heavy atom. The van der Waals surface area contributed by atoms with E-state index < -0.39 is 38.6 Å². The summed E-state index contributed by atoms with van der Waals surface area (Å²) in [6, 6.07) is 0.857. The van der Waals surface area contributed by atoms with Crippen LogP contribution in [0.15, 0.2) is 23.1 Å². The second-order valence-electron chi connectivity index (χ2n) is 6.97. The van der Waals surface area contributed by atoms with Crippen molar-refractivity contribution in [1.29, 1.82) is 0 Å². The van der Waals surface area contributed by atoms with E-state index in [4.69, 9.17) is 11.6 Å². The molecule has 158 valence electrons. The highest BCUT2D eigenvalue weighted by Gasteiger charge is 2.34. The number of nitrogens with one attached hydrogen (secondary N) is 1. The molecule has 1 aromatic rings. The van der Waals surface area contributed by atoms with Crippen LogP contribution < -0.4 is 4.72 Å². The molecule has 1 fully saturated rings. The van der Waals surface area contributed by atoms with Gasteiger partial charge in [-0.05, 0) is 58.1 Å². The molecule has 0 aliphatic carbocycles. The molecular weight excluding hydrogens is 419 g/mol. The number of piperidine rings is 1. The summed E-state index contributed by atoms with van der Waals surface area (Å²) >= 11 is 5.81. The highest BCUT2D eigenvalue weighted by Crippen LogP contribution is 2.33.